The summed E-state index contributed by atoms with van der Waals surface area (Å²) < 4.78 is 36.4. The summed E-state index contributed by atoms with van der Waals surface area (Å²) in [5, 5.41) is 53.0. The third kappa shape index (κ3) is 7.60. The van der Waals surface area contributed by atoms with Gasteiger partial charge in [0.15, 0.2) is 12.6 Å². The monoisotopic (exact) mass is 622 g/mol. The lowest BCUT2D eigenvalue weighted by Crippen LogP contribution is -2.67. The predicted octanol–water partition coefficient (Wildman–Crippen LogP) is -5.65. The average Bonchev–Trinajstić information content (AvgIpc) is 2.96. The molecule has 2 aliphatic heterocycles. The Morgan fingerprint density at radius 2 is 1.58 bits per heavy atom. The Morgan fingerprint density at radius 3 is 2.21 bits per heavy atom. The Bertz CT molecular complexity index is 992. The molecule has 0 aromatic heterocycles. The molecule has 2 heterocycles. The molecular weight excluding hydrogens is 575 g/mol. The zero-order chi connectivity index (χ0) is 31.6. The van der Waals surface area contributed by atoms with E-state index in [4.69, 9.17) is 53.3 Å². The zero-order valence-electron chi connectivity index (χ0n) is 23.8. The number of hydrogen-bond donors (Lipinski definition) is 11. The number of aliphatic imine (C=N–C) groups is 2. The molecule has 2 saturated heterocycles. The fraction of sp³-hybridized carbons (Fsp3) is 0.920. The quantitative estimate of drug-likeness (QED) is 0.0799. The highest BCUT2D eigenvalue weighted by Gasteiger charge is 2.52. The third-order valence-electron chi connectivity index (χ3n) is 8.62. The molecule has 4 rings (SSSR count). The molecule has 17 N–H and O–H groups in total. The molecule has 13 unspecified atom stereocenters. The third-order valence-corrected chi connectivity index (χ3v) is 8.62. The lowest BCUT2D eigenvalue weighted by Gasteiger charge is -2.48. The number of ether oxygens (including phenoxy) is 4. The van der Waals surface area contributed by atoms with Crippen molar-refractivity contribution in [1.29, 1.82) is 0 Å². The predicted molar refractivity (Wildman–Crippen MR) is 150 cm³/mol. The highest BCUT2D eigenvalue weighted by atomic mass is 19.1. The van der Waals surface area contributed by atoms with Crippen LogP contribution in [0.2, 0.25) is 0 Å². The molecule has 0 aromatic rings. The number of rotatable bonds is 10. The maximum atomic E-state index is 12.7. The first kappa shape index (κ1) is 34.2. The molecule has 13 atom stereocenters. The molecule has 18 heteroatoms. The fourth-order valence-corrected chi connectivity index (χ4v) is 5.95. The maximum absolute atomic E-state index is 12.7. The van der Waals surface area contributed by atoms with Gasteiger partial charge >= 0.3 is 0 Å². The van der Waals surface area contributed by atoms with Crippen molar-refractivity contribution >= 4 is 11.7 Å². The van der Waals surface area contributed by atoms with Crippen LogP contribution in [0.4, 0.5) is 4.39 Å². The molecule has 0 radical (unpaired) electrons. The minimum Gasteiger partial charge on any atom is -0.394 e. The summed E-state index contributed by atoms with van der Waals surface area (Å²) in [6.45, 7) is -1.42. The van der Waals surface area contributed by atoms with E-state index in [0.717, 1.165) is 0 Å². The van der Waals surface area contributed by atoms with E-state index in [-0.39, 0.29) is 43.5 Å². The van der Waals surface area contributed by atoms with Crippen LogP contribution in [-0.4, -0.2) is 148 Å². The van der Waals surface area contributed by atoms with Gasteiger partial charge in [0.1, 0.15) is 60.6 Å². The molecule has 2 aliphatic carbocycles. The van der Waals surface area contributed by atoms with E-state index < -0.39 is 98.4 Å². The van der Waals surface area contributed by atoms with E-state index in [1.165, 1.54) is 0 Å². The van der Waals surface area contributed by atoms with Crippen LogP contribution in [0.5, 0.6) is 0 Å². The van der Waals surface area contributed by atoms with Crippen LogP contribution < -0.4 is 34.4 Å². The van der Waals surface area contributed by atoms with Gasteiger partial charge < -0.3 is 78.9 Å². The van der Waals surface area contributed by atoms with Crippen molar-refractivity contribution in [2.24, 2.45) is 44.4 Å². The number of aliphatic hydroxyl groups is 5. The van der Waals surface area contributed by atoms with Crippen molar-refractivity contribution in [3.63, 3.8) is 0 Å². The van der Waals surface area contributed by atoms with Crippen molar-refractivity contribution in [3.05, 3.63) is 0 Å². The van der Waals surface area contributed by atoms with Gasteiger partial charge in [0.25, 0.3) is 0 Å². The average molecular weight is 623 g/mol. The number of alkyl halides is 1. The summed E-state index contributed by atoms with van der Waals surface area (Å²) in [5.41, 5.74) is 34.7. The zero-order valence-corrected chi connectivity index (χ0v) is 23.8. The van der Waals surface area contributed by atoms with Crippen LogP contribution in [0.3, 0.4) is 0 Å². The first-order valence-corrected chi connectivity index (χ1v) is 14.5. The molecule has 0 spiro atoms. The van der Waals surface area contributed by atoms with E-state index in [2.05, 4.69) is 9.98 Å². The molecule has 0 aromatic carbocycles. The standard InChI is InChI=1S/C25H47FN8O9/c26-6-15(30)33-7-10-1-2-11(28)22(40-10)42-20-12(29)3-13(34-24(32)25(39)4-9(27)5-25)21(19(20)38)43-23-18(37)16(31)17(36)14(8-35)41-23/h9-14,16-23,35-39H,1-8,27-29,31H2,(H2,30,33)(H2,32,34). The maximum Gasteiger partial charge on any atom is 0.186 e. The SMILES string of the molecule is NC(CF)=NCC1CCC(N)C(OC2C(N)CC(N=C(N)C3(O)CC(N)C3)C(OC3OC(CO)C(O)C(N)C3O)C2O)O1. The van der Waals surface area contributed by atoms with Crippen molar-refractivity contribution in [3.8, 4) is 0 Å². The molecule has 0 amide bonds. The number of nitrogens with two attached hydrogens (primary N) is 6. The van der Waals surface area contributed by atoms with Crippen LogP contribution in [-0.2, 0) is 18.9 Å². The molecule has 4 fully saturated rings. The van der Waals surface area contributed by atoms with E-state index >= 15 is 0 Å². The van der Waals surface area contributed by atoms with Crippen molar-refractivity contribution in [2.45, 2.75) is 123 Å². The van der Waals surface area contributed by atoms with Crippen molar-refractivity contribution < 1.29 is 48.9 Å². The Morgan fingerprint density at radius 1 is 0.907 bits per heavy atom. The normalized spacial score (nSPS) is 48.1. The van der Waals surface area contributed by atoms with Crippen LogP contribution in [0, 0.1) is 0 Å². The number of aliphatic hydroxyl groups excluding tert-OH is 4. The largest absolute Gasteiger partial charge is 0.394 e. The first-order valence-electron chi connectivity index (χ1n) is 14.5. The molecule has 2 saturated carbocycles. The molecule has 0 bridgehead atoms. The number of nitrogens with zero attached hydrogens (tertiary/aromatic N) is 2. The van der Waals surface area contributed by atoms with Gasteiger partial charge in [0.05, 0.1) is 37.4 Å². The van der Waals surface area contributed by atoms with E-state index in [1.807, 2.05) is 0 Å². The highest BCUT2D eigenvalue weighted by Crippen LogP contribution is 2.35. The number of amidine groups is 2. The lowest BCUT2D eigenvalue weighted by molar-refractivity contribution is -0.312. The number of halogens is 1. The van der Waals surface area contributed by atoms with Gasteiger partial charge in [-0.15, -0.1) is 0 Å². The van der Waals surface area contributed by atoms with Gasteiger partial charge in [-0.2, -0.15) is 0 Å². The van der Waals surface area contributed by atoms with E-state index in [1.54, 1.807) is 0 Å². The lowest BCUT2D eigenvalue weighted by atomic mass is 9.75. The Labute approximate surface area is 248 Å². The highest BCUT2D eigenvalue weighted by molar-refractivity contribution is 5.90. The summed E-state index contributed by atoms with van der Waals surface area (Å²) >= 11 is 0. The topological polar surface area (TPSA) is 319 Å². The molecule has 4 aliphatic rings. The van der Waals surface area contributed by atoms with Crippen molar-refractivity contribution in [2.75, 3.05) is 19.8 Å². The van der Waals surface area contributed by atoms with Gasteiger partial charge in [-0.3, -0.25) is 9.98 Å². The Balaban J connectivity index is 1.55. The fourth-order valence-electron chi connectivity index (χ4n) is 5.95. The van der Waals surface area contributed by atoms with E-state index in [9.17, 15) is 29.9 Å². The van der Waals surface area contributed by atoms with E-state index in [0.29, 0.717) is 12.8 Å². The molecule has 248 valence electrons. The minimum absolute atomic E-state index is 0.0405. The minimum atomic E-state index is -1.55. The van der Waals surface area contributed by atoms with Gasteiger partial charge in [-0.25, -0.2) is 4.39 Å². The second kappa shape index (κ2) is 14.2. The second-order valence-corrected chi connectivity index (χ2v) is 12.0. The van der Waals surface area contributed by atoms with Crippen molar-refractivity contribution in [1.82, 2.24) is 0 Å². The van der Waals surface area contributed by atoms with Gasteiger partial charge in [0, 0.05) is 12.1 Å². The summed E-state index contributed by atoms with van der Waals surface area (Å²) in [6.07, 6.45) is -9.62. The van der Waals surface area contributed by atoms with Crippen LogP contribution in [0.15, 0.2) is 9.98 Å². The van der Waals surface area contributed by atoms with Crippen LogP contribution in [0.25, 0.3) is 0 Å². The summed E-state index contributed by atoms with van der Waals surface area (Å²) in [5.74, 6) is -0.284. The van der Waals surface area contributed by atoms with Gasteiger partial charge in [-0.1, -0.05) is 0 Å². The second-order valence-electron chi connectivity index (χ2n) is 12.0. The smallest absolute Gasteiger partial charge is 0.186 e. The summed E-state index contributed by atoms with van der Waals surface area (Å²) in [6, 6.07) is -3.88. The Kier molecular flexibility index (Phi) is 11.3. The van der Waals surface area contributed by atoms with Crippen LogP contribution in [0.1, 0.15) is 32.1 Å². The summed E-state index contributed by atoms with van der Waals surface area (Å²) in [7, 11) is 0. The molecule has 43 heavy (non-hydrogen) atoms. The number of hydrogen-bond acceptors (Lipinski definition) is 15. The van der Waals surface area contributed by atoms with Crippen LogP contribution >= 0.6 is 0 Å². The molecular formula is C25H47FN8O9. The van der Waals surface area contributed by atoms with Gasteiger partial charge in [-0.05, 0) is 32.1 Å². The first-order chi connectivity index (χ1) is 20.3. The molecule has 17 nitrogen and oxygen atoms in total. The Hall–Kier alpha value is -1.65. The van der Waals surface area contributed by atoms with Gasteiger partial charge in [0.2, 0.25) is 0 Å². The summed E-state index contributed by atoms with van der Waals surface area (Å²) in [4.78, 5) is 8.41.